The van der Waals surface area contributed by atoms with E-state index in [1.54, 1.807) is 27.7 Å². The molecule has 0 aromatic carbocycles. The Labute approximate surface area is 118 Å². The normalized spacial score (nSPS) is 36.8. The summed E-state index contributed by atoms with van der Waals surface area (Å²) in [7, 11) is 1.21. The minimum Gasteiger partial charge on any atom is -0.467 e. The monoisotopic (exact) mass is 290 g/mol. The number of aliphatic hydroxyl groups is 1. The third-order valence-corrected chi connectivity index (χ3v) is 3.31. The van der Waals surface area contributed by atoms with Crippen LogP contribution in [0.3, 0.4) is 0 Å². The van der Waals surface area contributed by atoms with Crippen LogP contribution in [0.1, 0.15) is 27.7 Å². The van der Waals surface area contributed by atoms with Gasteiger partial charge in [0, 0.05) is 0 Å². The van der Waals surface area contributed by atoms with E-state index in [0.29, 0.717) is 6.61 Å². The van der Waals surface area contributed by atoms with Crippen molar-refractivity contribution >= 4 is 5.97 Å². The van der Waals surface area contributed by atoms with E-state index < -0.39 is 42.0 Å². The summed E-state index contributed by atoms with van der Waals surface area (Å²) in [6, 6.07) is 0. The van der Waals surface area contributed by atoms with E-state index in [0.717, 1.165) is 0 Å². The molecule has 20 heavy (non-hydrogen) atoms. The summed E-state index contributed by atoms with van der Waals surface area (Å²) >= 11 is 0. The molecule has 0 radical (unpaired) electrons. The van der Waals surface area contributed by atoms with Crippen LogP contribution in [-0.2, 0) is 28.5 Å². The van der Waals surface area contributed by atoms with E-state index in [9.17, 15) is 9.90 Å². The number of hydrogen-bond acceptors (Lipinski definition) is 7. The Kier molecular flexibility index (Phi) is 4.10. The molecule has 0 bridgehead atoms. The van der Waals surface area contributed by atoms with E-state index in [-0.39, 0.29) is 0 Å². The van der Waals surface area contributed by atoms with Crippen LogP contribution in [0.15, 0.2) is 0 Å². The molecule has 0 amide bonds. The lowest BCUT2D eigenvalue weighted by Gasteiger charge is -2.25. The van der Waals surface area contributed by atoms with Crippen molar-refractivity contribution in [1.29, 1.82) is 0 Å². The summed E-state index contributed by atoms with van der Waals surface area (Å²) in [6.45, 7) is 7.32. The molecule has 7 nitrogen and oxygen atoms in total. The molecular formula is C13H22O7. The maximum absolute atomic E-state index is 11.5. The largest absolute Gasteiger partial charge is 0.467 e. The minimum atomic E-state index is -1.43. The zero-order valence-corrected chi connectivity index (χ0v) is 12.4. The smallest absolute Gasteiger partial charge is 0.337 e. The third-order valence-electron chi connectivity index (χ3n) is 3.31. The van der Waals surface area contributed by atoms with Gasteiger partial charge >= 0.3 is 5.97 Å². The van der Waals surface area contributed by atoms with Crippen LogP contribution in [0.25, 0.3) is 0 Å². The van der Waals surface area contributed by atoms with Crippen molar-refractivity contribution in [2.75, 3.05) is 13.7 Å². The van der Waals surface area contributed by atoms with E-state index in [2.05, 4.69) is 4.74 Å². The Morgan fingerprint density at radius 1 is 1.20 bits per heavy atom. The van der Waals surface area contributed by atoms with Gasteiger partial charge in [0.15, 0.2) is 17.7 Å². The van der Waals surface area contributed by atoms with Gasteiger partial charge in [-0.1, -0.05) is 0 Å². The van der Waals surface area contributed by atoms with Crippen LogP contribution < -0.4 is 0 Å². The lowest BCUT2D eigenvalue weighted by atomic mass is 10.0. The van der Waals surface area contributed by atoms with Gasteiger partial charge in [-0.2, -0.15) is 0 Å². The molecule has 2 rings (SSSR count). The standard InChI is InChI=1S/C13H22O7/c1-12(2)17-6-7(18-12)9-10(8(14)11(15)16-5)20-13(3,4)19-9/h7-10,14H,6H2,1-5H3/t7-,8+,9+,10-/m0/s1. The fourth-order valence-electron chi connectivity index (χ4n) is 2.48. The Morgan fingerprint density at radius 3 is 2.35 bits per heavy atom. The molecule has 2 aliphatic heterocycles. The second-order valence-electron chi connectivity index (χ2n) is 5.90. The topological polar surface area (TPSA) is 83.5 Å². The van der Waals surface area contributed by atoms with Crippen molar-refractivity contribution in [3.8, 4) is 0 Å². The Morgan fingerprint density at radius 2 is 1.85 bits per heavy atom. The van der Waals surface area contributed by atoms with Gasteiger partial charge in [-0.3, -0.25) is 0 Å². The molecule has 0 aliphatic carbocycles. The van der Waals surface area contributed by atoms with Crippen LogP contribution in [0.5, 0.6) is 0 Å². The molecule has 0 saturated carbocycles. The molecule has 0 aromatic heterocycles. The average Bonchev–Trinajstić information content (AvgIpc) is 2.86. The summed E-state index contributed by atoms with van der Waals surface area (Å²) in [5, 5.41) is 10.0. The van der Waals surface area contributed by atoms with Gasteiger partial charge < -0.3 is 28.8 Å². The number of carbonyl (C=O) groups excluding carboxylic acids is 1. The summed E-state index contributed by atoms with van der Waals surface area (Å²) in [6.07, 6.45) is -3.32. The maximum atomic E-state index is 11.5. The number of ether oxygens (including phenoxy) is 5. The molecule has 4 atom stereocenters. The number of esters is 1. The molecule has 116 valence electrons. The Bertz CT molecular complexity index is 379. The number of carbonyl (C=O) groups is 1. The molecule has 2 fully saturated rings. The highest BCUT2D eigenvalue weighted by Crippen LogP contribution is 2.36. The van der Waals surface area contributed by atoms with E-state index in [1.165, 1.54) is 7.11 Å². The number of rotatable bonds is 3. The highest BCUT2D eigenvalue weighted by Gasteiger charge is 2.53. The first-order valence-electron chi connectivity index (χ1n) is 6.58. The molecule has 0 aromatic rings. The first-order valence-corrected chi connectivity index (χ1v) is 6.58. The summed E-state index contributed by atoms with van der Waals surface area (Å²) < 4.78 is 27.1. The third kappa shape index (κ3) is 3.12. The first kappa shape index (κ1) is 15.7. The number of methoxy groups -OCH3 is 1. The Hall–Kier alpha value is -0.730. The first-order chi connectivity index (χ1) is 9.15. The van der Waals surface area contributed by atoms with Crippen LogP contribution in [-0.4, -0.2) is 60.8 Å². The maximum Gasteiger partial charge on any atom is 0.337 e. The summed E-state index contributed by atoms with van der Waals surface area (Å²) in [5.41, 5.74) is 0. The van der Waals surface area contributed by atoms with Crippen molar-refractivity contribution in [3.05, 3.63) is 0 Å². The molecular weight excluding hydrogens is 268 g/mol. The van der Waals surface area contributed by atoms with Crippen LogP contribution in [0.2, 0.25) is 0 Å². The molecule has 2 saturated heterocycles. The van der Waals surface area contributed by atoms with Gasteiger partial charge in [-0.25, -0.2) is 4.79 Å². The highest BCUT2D eigenvalue weighted by atomic mass is 16.8. The van der Waals surface area contributed by atoms with Gasteiger partial charge in [0.25, 0.3) is 0 Å². The molecule has 1 N–H and O–H groups in total. The number of aliphatic hydroxyl groups excluding tert-OH is 1. The fraction of sp³-hybridized carbons (Fsp3) is 0.923. The summed E-state index contributed by atoms with van der Waals surface area (Å²) in [5.74, 6) is -2.40. The van der Waals surface area contributed by atoms with Crippen molar-refractivity contribution in [1.82, 2.24) is 0 Å². The van der Waals surface area contributed by atoms with Crippen LogP contribution in [0, 0.1) is 0 Å². The van der Waals surface area contributed by atoms with Crippen LogP contribution >= 0.6 is 0 Å². The van der Waals surface area contributed by atoms with Gasteiger partial charge in [0.2, 0.25) is 0 Å². The van der Waals surface area contributed by atoms with E-state index in [4.69, 9.17) is 18.9 Å². The lowest BCUT2D eigenvalue weighted by Crippen LogP contribution is -2.47. The molecule has 0 spiro atoms. The van der Waals surface area contributed by atoms with Gasteiger partial charge in [0.05, 0.1) is 13.7 Å². The summed E-state index contributed by atoms with van der Waals surface area (Å²) in [4.78, 5) is 11.5. The molecule has 2 aliphatic rings. The fourth-order valence-corrected chi connectivity index (χ4v) is 2.48. The quantitative estimate of drug-likeness (QED) is 0.743. The van der Waals surface area contributed by atoms with Gasteiger partial charge in [-0.05, 0) is 27.7 Å². The zero-order chi connectivity index (χ0) is 15.1. The molecule has 2 heterocycles. The van der Waals surface area contributed by atoms with Gasteiger partial charge in [-0.15, -0.1) is 0 Å². The predicted molar refractivity (Wildman–Crippen MR) is 66.8 cm³/mol. The van der Waals surface area contributed by atoms with Crippen LogP contribution in [0.4, 0.5) is 0 Å². The SMILES string of the molecule is COC(=O)[C@H](O)[C@@H]1OC(C)(C)O[C@@H]1[C@@H]1COC(C)(C)O1. The average molecular weight is 290 g/mol. The zero-order valence-electron chi connectivity index (χ0n) is 12.4. The van der Waals surface area contributed by atoms with Crippen molar-refractivity contribution in [2.24, 2.45) is 0 Å². The lowest BCUT2D eigenvalue weighted by molar-refractivity contribution is -0.176. The molecule has 0 unspecified atom stereocenters. The van der Waals surface area contributed by atoms with E-state index in [1.807, 2.05) is 0 Å². The number of hydrogen-bond donors (Lipinski definition) is 1. The highest BCUT2D eigenvalue weighted by molar-refractivity contribution is 5.75. The Balaban J connectivity index is 2.14. The predicted octanol–water partition coefficient (Wildman–Crippen LogP) is 0.192. The second kappa shape index (κ2) is 5.23. The van der Waals surface area contributed by atoms with E-state index >= 15 is 0 Å². The molecule has 7 heteroatoms. The minimum absolute atomic E-state index is 0.307. The van der Waals surface area contributed by atoms with Crippen molar-refractivity contribution in [3.63, 3.8) is 0 Å². The second-order valence-corrected chi connectivity index (χ2v) is 5.90. The van der Waals surface area contributed by atoms with Gasteiger partial charge in [0.1, 0.15) is 18.3 Å². The van der Waals surface area contributed by atoms with Crippen molar-refractivity contribution < 1.29 is 33.6 Å². The van der Waals surface area contributed by atoms with Crippen molar-refractivity contribution in [2.45, 2.75) is 63.7 Å².